The number of pyridine rings is 1. The van der Waals surface area contributed by atoms with Crippen LogP contribution in [0.4, 0.5) is 11.5 Å². The number of para-hydroxylation sites is 1. The van der Waals surface area contributed by atoms with E-state index in [-0.39, 0.29) is 23.4 Å². The van der Waals surface area contributed by atoms with Gasteiger partial charge in [-0.15, -0.1) is 0 Å². The molecule has 0 saturated carbocycles. The quantitative estimate of drug-likeness (QED) is 0.396. The zero-order valence-electron chi connectivity index (χ0n) is 15.4. The van der Waals surface area contributed by atoms with Gasteiger partial charge >= 0.3 is 0 Å². The van der Waals surface area contributed by atoms with E-state index in [2.05, 4.69) is 0 Å². The lowest BCUT2D eigenvalue weighted by molar-refractivity contribution is -0.384. The van der Waals surface area contributed by atoms with Gasteiger partial charge in [-0.3, -0.25) is 19.7 Å². The van der Waals surface area contributed by atoms with Crippen molar-refractivity contribution in [1.82, 2.24) is 4.57 Å². The van der Waals surface area contributed by atoms with E-state index in [1.807, 2.05) is 34.7 Å². The second-order valence-corrected chi connectivity index (χ2v) is 6.99. The van der Waals surface area contributed by atoms with Crippen LogP contribution in [0, 0.1) is 10.1 Å². The first-order valence-electron chi connectivity index (χ1n) is 9.10. The minimum Gasteiger partial charge on any atom is -0.361 e. The van der Waals surface area contributed by atoms with Gasteiger partial charge in [-0.1, -0.05) is 12.1 Å². The van der Waals surface area contributed by atoms with E-state index in [4.69, 9.17) is 0 Å². The van der Waals surface area contributed by atoms with Gasteiger partial charge in [0.05, 0.1) is 17.0 Å². The van der Waals surface area contributed by atoms with Crippen LogP contribution in [0.25, 0.3) is 10.9 Å². The van der Waals surface area contributed by atoms with Gasteiger partial charge in [0.2, 0.25) is 0 Å². The summed E-state index contributed by atoms with van der Waals surface area (Å²) in [5.41, 5.74) is 1.83. The zero-order chi connectivity index (χ0) is 19.8. The topological polar surface area (TPSA) is 85.4 Å². The number of rotatable bonds is 4. The lowest BCUT2D eigenvalue weighted by atomic mass is 10.0. The van der Waals surface area contributed by atoms with Crippen LogP contribution in [-0.4, -0.2) is 28.9 Å². The van der Waals surface area contributed by atoms with Crippen LogP contribution >= 0.6 is 0 Å². The fourth-order valence-electron chi connectivity index (χ4n) is 3.87. The Morgan fingerprint density at radius 1 is 1.14 bits per heavy atom. The summed E-state index contributed by atoms with van der Waals surface area (Å²) in [5, 5.41) is 11.4. The Morgan fingerprint density at radius 2 is 1.86 bits per heavy atom. The summed E-state index contributed by atoms with van der Waals surface area (Å²) in [4.78, 5) is 38.2. The lowest BCUT2D eigenvalue weighted by Crippen LogP contribution is -2.34. The number of anilines is 1. The summed E-state index contributed by atoms with van der Waals surface area (Å²) in [6.45, 7) is 0.877. The maximum absolute atomic E-state index is 12.9. The average molecular weight is 377 g/mol. The maximum Gasteiger partial charge on any atom is 0.269 e. The highest BCUT2D eigenvalue weighted by Gasteiger charge is 2.24. The second kappa shape index (κ2) is 6.92. The summed E-state index contributed by atoms with van der Waals surface area (Å²) in [6.07, 6.45) is 1.59. The van der Waals surface area contributed by atoms with Crippen molar-refractivity contribution in [3.63, 3.8) is 0 Å². The van der Waals surface area contributed by atoms with Crippen molar-refractivity contribution in [2.45, 2.75) is 19.4 Å². The first kappa shape index (κ1) is 17.9. The number of nitrogens with zero attached hydrogens (tertiary/aromatic N) is 3. The molecule has 7 heteroatoms. The second-order valence-electron chi connectivity index (χ2n) is 6.99. The van der Waals surface area contributed by atoms with Crippen molar-refractivity contribution in [3.8, 4) is 0 Å². The fraction of sp³-hybridized carbons (Fsp3) is 0.238. The number of carbonyl (C=O) groups excluding carboxylic acids is 1. The Bertz CT molecular complexity index is 1150. The highest BCUT2D eigenvalue weighted by Crippen LogP contribution is 2.28. The number of hydrogen-bond acceptors (Lipinski definition) is 5. The molecule has 2 aromatic carbocycles. The highest BCUT2D eigenvalue weighted by atomic mass is 16.6. The van der Waals surface area contributed by atoms with Crippen LogP contribution in [0.15, 0.2) is 53.3 Å². The third-order valence-corrected chi connectivity index (χ3v) is 5.22. The molecule has 0 atom stereocenters. The number of benzene rings is 2. The van der Waals surface area contributed by atoms with Crippen molar-refractivity contribution < 1.29 is 9.72 Å². The van der Waals surface area contributed by atoms with Gasteiger partial charge in [-0.05, 0) is 37.1 Å². The number of hydrogen-bond donors (Lipinski definition) is 0. The standard InChI is InChI=1S/C21H19N3O4/c1-22-12-4-6-17-20(26)16-5-2-3-7-18(16)23(21(17)22)13-19(25)14-8-10-15(11-9-14)24(27)28/h2-3,5,7-11H,4,6,12-13H2,1H3. The van der Waals surface area contributed by atoms with Crippen molar-refractivity contribution in [1.29, 1.82) is 0 Å². The molecule has 3 aromatic rings. The fourth-order valence-corrected chi connectivity index (χ4v) is 3.87. The SMILES string of the molecule is CN1CCCc2c1n(CC(=O)c1ccc([N+](=O)[O-])cc1)c1ccccc1c2=O. The Hall–Kier alpha value is -3.48. The first-order chi connectivity index (χ1) is 13.5. The molecule has 28 heavy (non-hydrogen) atoms. The van der Waals surface area contributed by atoms with Crippen LogP contribution in [0.3, 0.4) is 0 Å². The Balaban J connectivity index is 1.83. The van der Waals surface area contributed by atoms with E-state index in [1.54, 1.807) is 6.07 Å². The highest BCUT2D eigenvalue weighted by molar-refractivity contribution is 5.97. The molecule has 4 rings (SSSR count). The molecule has 0 amide bonds. The number of fused-ring (bicyclic) bond motifs is 2. The Morgan fingerprint density at radius 3 is 2.57 bits per heavy atom. The van der Waals surface area contributed by atoms with Gasteiger partial charge in [-0.2, -0.15) is 0 Å². The molecular weight excluding hydrogens is 358 g/mol. The molecule has 0 aliphatic carbocycles. The molecule has 142 valence electrons. The van der Waals surface area contributed by atoms with Gasteiger partial charge < -0.3 is 9.47 Å². The summed E-state index contributed by atoms with van der Waals surface area (Å²) in [7, 11) is 1.93. The number of non-ortho nitro benzene ring substituents is 1. The number of nitro groups is 1. The molecule has 0 N–H and O–H groups in total. The smallest absolute Gasteiger partial charge is 0.269 e. The predicted octanol–water partition coefficient (Wildman–Crippen LogP) is 3.18. The van der Waals surface area contributed by atoms with Crippen LogP contribution < -0.4 is 10.3 Å². The molecule has 0 radical (unpaired) electrons. The molecule has 1 aliphatic heterocycles. The third kappa shape index (κ3) is 2.94. The Labute approximate surface area is 161 Å². The monoisotopic (exact) mass is 377 g/mol. The normalized spacial score (nSPS) is 13.4. The van der Waals surface area contributed by atoms with E-state index in [9.17, 15) is 19.7 Å². The van der Waals surface area contributed by atoms with E-state index >= 15 is 0 Å². The largest absolute Gasteiger partial charge is 0.361 e. The number of ketones is 1. The van der Waals surface area contributed by atoms with Crippen LogP contribution in [-0.2, 0) is 13.0 Å². The van der Waals surface area contributed by atoms with E-state index < -0.39 is 4.92 Å². The van der Waals surface area contributed by atoms with Crippen molar-refractivity contribution in [2.75, 3.05) is 18.5 Å². The van der Waals surface area contributed by atoms with Crippen LogP contribution in [0.2, 0.25) is 0 Å². The summed E-state index contributed by atoms with van der Waals surface area (Å²) >= 11 is 0. The van der Waals surface area contributed by atoms with Crippen LogP contribution in [0.1, 0.15) is 22.3 Å². The van der Waals surface area contributed by atoms with Crippen molar-refractivity contribution >= 4 is 28.2 Å². The van der Waals surface area contributed by atoms with Gasteiger partial charge in [-0.25, -0.2) is 0 Å². The van der Waals surface area contributed by atoms with E-state index in [0.29, 0.717) is 17.4 Å². The first-order valence-corrected chi connectivity index (χ1v) is 9.10. The summed E-state index contributed by atoms with van der Waals surface area (Å²) in [5.74, 6) is 0.620. The van der Waals surface area contributed by atoms with Crippen molar-refractivity contribution in [3.05, 3.63) is 80.0 Å². The zero-order valence-corrected chi connectivity index (χ0v) is 15.4. The molecule has 0 saturated heterocycles. The van der Waals surface area contributed by atoms with Gasteiger partial charge in [0.1, 0.15) is 5.82 Å². The molecule has 1 aliphatic rings. The average Bonchev–Trinajstić information content (AvgIpc) is 2.71. The predicted molar refractivity (Wildman–Crippen MR) is 107 cm³/mol. The van der Waals surface area contributed by atoms with E-state index in [0.717, 1.165) is 29.9 Å². The summed E-state index contributed by atoms with van der Waals surface area (Å²) in [6, 6.07) is 12.9. The molecule has 0 unspecified atom stereocenters. The van der Waals surface area contributed by atoms with Crippen LogP contribution in [0.5, 0.6) is 0 Å². The number of nitro benzene ring substituents is 1. The molecule has 7 nitrogen and oxygen atoms in total. The molecule has 0 bridgehead atoms. The molecule has 2 heterocycles. The van der Waals surface area contributed by atoms with Gasteiger partial charge in [0, 0.05) is 42.2 Å². The Kier molecular flexibility index (Phi) is 4.43. The summed E-state index contributed by atoms with van der Waals surface area (Å²) < 4.78 is 1.90. The van der Waals surface area contributed by atoms with Gasteiger partial charge in [0.25, 0.3) is 5.69 Å². The molecule has 0 spiro atoms. The minimum atomic E-state index is -0.491. The third-order valence-electron chi connectivity index (χ3n) is 5.22. The molecule has 0 fully saturated rings. The lowest BCUT2D eigenvalue weighted by Gasteiger charge is -2.31. The molecule has 1 aromatic heterocycles. The number of Topliss-reactive ketones (excluding diaryl/α,β-unsaturated/α-hetero) is 1. The van der Waals surface area contributed by atoms with E-state index in [1.165, 1.54) is 24.3 Å². The number of carbonyl (C=O) groups is 1. The number of aromatic nitrogens is 1. The minimum absolute atomic E-state index is 0.0242. The molecular formula is C21H19N3O4. The maximum atomic E-state index is 12.9. The van der Waals surface area contributed by atoms with Crippen molar-refractivity contribution in [2.24, 2.45) is 0 Å². The van der Waals surface area contributed by atoms with Gasteiger partial charge in [0.15, 0.2) is 11.2 Å².